The van der Waals surface area contributed by atoms with Crippen LogP contribution >= 0.6 is 24.0 Å². The summed E-state index contributed by atoms with van der Waals surface area (Å²) in [6.45, 7) is 2.96. The Morgan fingerprint density at radius 3 is 2.21 bits per heavy atom. The van der Waals surface area contributed by atoms with E-state index in [1.165, 1.54) is 51.4 Å². The van der Waals surface area contributed by atoms with Crippen LogP contribution in [-0.4, -0.2) is 18.3 Å². The summed E-state index contributed by atoms with van der Waals surface area (Å²) in [6, 6.07) is 10.4. The lowest BCUT2D eigenvalue weighted by Gasteiger charge is -2.08. The van der Waals surface area contributed by atoms with E-state index in [1.54, 1.807) is 53.4 Å². The van der Waals surface area contributed by atoms with Gasteiger partial charge in [-0.2, -0.15) is 4.57 Å². The zero-order chi connectivity index (χ0) is 23.0. The molecule has 0 radical (unpaired) electrons. The molecule has 1 N–H and O–H groups in total. The first-order valence-electron chi connectivity index (χ1n) is 11.8. The third-order valence-electron chi connectivity index (χ3n) is 5.34. The zero-order valence-corrected chi connectivity index (χ0v) is 21.2. The summed E-state index contributed by atoms with van der Waals surface area (Å²) in [4.78, 5) is 16.6. The minimum Gasteiger partial charge on any atom is -0.858 e. The quantitative estimate of drug-likeness (QED) is 0.143. The smallest absolute Gasteiger partial charge is 0.261 e. The number of hydrogen-bond donors (Lipinski definition) is 1. The van der Waals surface area contributed by atoms with Crippen molar-refractivity contribution in [3.63, 3.8) is 0 Å². The number of aliphatic imine (C=N–C) groups is 1. The third-order valence-corrected chi connectivity index (χ3v) is 5.59. The molecule has 0 fully saturated rings. The normalized spacial score (nSPS) is 11.2. The third kappa shape index (κ3) is 12.6. The van der Waals surface area contributed by atoms with E-state index in [1.807, 2.05) is 0 Å². The van der Waals surface area contributed by atoms with Crippen LogP contribution in [0.3, 0.4) is 0 Å². The second-order valence-electron chi connectivity index (χ2n) is 8.18. The maximum absolute atomic E-state index is 12.5. The highest BCUT2D eigenvalue weighted by molar-refractivity contribution is 6.30. The lowest BCUT2D eigenvalue weighted by Crippen LogP contribution is -2.42. The fraction of sp³-hybridized carbons (Fsp3) is 0.500. The Hall–Kier alpha value is -2.11. The minimum absolute atomic E-state index is 0. The molecule has 1 aromatic heterocycles. The lowest BCUT2D eigenvalue weighted by molar-refractivity contribution is -0.687. The maximum atomic E-state index is 12.5. The molecule has 0 aliphatic heterocycles. The molecule has 0 unspecified atom stereocenters. The average Bonchev–Trinajstić information content (AvgIpc) is 2.79. The number of benzene rings is 1. The van der Waals surface area contributed by atoms with Crippen molar-refractivity contribution in [2.45, 2.75) is 77.7 Å². The number of anilines is 1. The van der Waals surface area contributed by atoms with Crippen molar-refractivity contribution in [1.29, 1.82) is 0 Å². The Bertz CT molecular complexity index is 842. The van der Waals surface area contributed by atoms with E-state index in [-0.39, 0.29) is 30.8 Å². The average molecular weight is 495 g/mol. The number of aromatic nitrogens is 1. The van der Waals surface area contributed by atoms with Crippen LogP contribution < -0.4 is 15.0 Å². The van der Waals surface area contributed by atoms with Crippen molar-refractivity contribution in [2.24, 2.45) is 4.99 Å². The Morgan fingerprint density at radius 2 is 1.58 bits per heavy atom. The number of hydrogen-bond acceptors (Lipinski definition) is 3. The Balaban J connectivity index is 0.00000544. The molecule has 0 saturated carbocycles. The van der Waals surface area contributed by atoms with Gasteiger partial charge in [-0.3, -0.25) is 9.79 Å². The van der Waals surface area contributed by atoms with Gasteiger partial charge in [-0.25, -0.2) is 0 Å². The molecular formula is C26H37Cl2N3O2. The number of nitrogens with one attached hydrogen (secondary N) is 1. The van der Waals surface area contributed by atoms with Gasteiger partial charge in [-0.1, -0.05) is 76.3 Å². The second-order valence-corrected chi connectivity index (χ2v) is 8.62. The molecule has 0 bridgehead atoms. The van der Waals surface area contributed by atoms with E-state index in [4.69, 9.17) is 11.6 Å². The number of carbonyl (C=O) groups is 1. The van der Waals surface area contributed by atoms with Crippen molar-refractivity contribution < 1.29 is 14.5 Å². The van der Waals surface area contributed by atoms with Crippen LogP contribution in [0.5, 0.6) is 0 Å². The van der Waals surface area contributed by atoms with Gasteiger partial charge in [0.25, 0.3) is 5.91 Å². The highest BCUT2D eigenvalue weighted by atomic mass is 35.5. The molecule has 2 aromatic rings. The summed E-state index contributed by atoms with van der Waals surface area (Å²) >= 11 is 5.87. The molecule has 1 aromatic carbocycles. The maximum Gasteiger partial charge on any atom is 0.261 e. The van der Waals surface area contributed by atoms with Gasteiger partial charge >= 0.3 is 0 Å². The van der Waals surface area contributed by atoms with Gasteiger partial charge < -0.3 is 10.4 Å². The summed E-state index contributed by atoms with van der Waals surface area (Å²) in [6.07, 6.45) is 16.1. The van der Waals surface area contributed by atoms with E-state index in [9.17, 15) is 9.90 Å². The summed E-state index contributed by atoms with van der Waals surface area (Å²) in [5, 5.41) is 15.6. The molecule has 0 aliphatic rings. The summed E-state index contributed by atoms with van der Waals surface area (Å²) in [5.41, 5.74) is 1.14. The van der Waals surface area contributed by atoms with Crippen LogP contribution in [0.15, 0.2) is 53.8 Å². The standard InChI is InChI=1S/C26H36ClN3O2.ClH/c1-2-3-4-5-6-7-8-9-10-11-18-28-25(31)21-30-19-12-13-22(20-30)26(32)29-24-16-14-23(27)15-17-24;/h12-17,19-20H,2-11,18,21H2,1H3,(H-,28,29,31,32);1H. The first kappa shape index (κ1) is 28.9. The van der Waals surface area contributed by atoms with Crippen LogP contribution in [0, 0.1) is 0 Å². The van der Waals surface area contributed by atoms with Gasteiger partial charge in [0.1, 0.15) is 5.56 Å². The summed E-state index contributed by atoms with van der Waals surface area (Å²) in [5.74, 6) is -0.405. The van der Waals surface area contributed by atoms with E-state index in [2.05, 4.69) is 17.2 Å². The number of amides is 1. The van der Waals surface area contributed by atoms with E-state index < -0.39 is 0 Å². The van der Waals surface area contributed by atoms with Gasteiger partial charge in [-0.05, 0) is 36.8 Å². The number of nitrogens with zero attached hydrogens (tertiary/aromatic N) is 2. The Labute approximate surface area is 209 Å². The highest BCUT2D eigenvalue weighted by Gasteiger charge is 2.11. The largest absolute Gasteiger partial charge is 0.858 e. The van der Waals surface area contributed by atoms with Crippen molar-refractivity contribution in [3.8, 4) is 0 Å². The van der Waals surface area contributed by atoms with E-state index >= 15 is 0 Å². The number of carbonyl (C=O) groups excluding carboxylic acids is 1. The topological polar surface area (TPSA) is 68.4 Å². The summed E-state index contributed by atoms with van der Waals surface area (Å²) in [7, 11) is 0. The molecule has 2 rings (SSSR count). The van der Waals surface area contributed by atoms with Crippen molar-refractivity contribution >= 4 is 41.5 Å². The molecule has 5 nitrogen and oxygen atoms in total. The molecule has 0 atom stereocenters. The first-order valence-corrected chi connectivity index (χ1v) is 12.2. The summed E-state index contributed by atoms with van der Waals surface area (Å²) < 4.78 is 1.70. The van der Waals surface area contributed by atoms with Crippen LogP contribution in [-0.2, 0) is 6.54 Å². The van der Waals surface area contributed by atoms with Crippen LogP contribution in [0.4, 0.5) is 5.69 Å². The van der Waals surface area contributed by atoms with Gasteiger partial charge in [0.2, 0.25) is 0 Å². The lowest BCUT2D eigenvalue weighted by atomic mass is 10.1. The monoisotopic (exact) mass is 493 g/mol. The van der Waals surface area contributed by atoms with Crippen molar-refractivity contribution in [1.82, 2.24) is 0 Å². The number of halogens is 2. The van der Waals surface area contributed by atoms with E-state index in [0.29, 0.717) is 22.8 Å². The number of rotatable bonds is 15. The van der Waals surface area contributed by atoms with Crippen LogP contribution in [0.25, 0.3) is 0 Å². The molecule has 0 saturated heterocycles. The van der Waals surface area contributed by atoms with Gasteiger partial charge in [-0.15, -0.1) is 12.4 Å². The molecule has 0 aliphatic carbocycles. The SMILES string of the molecule is CCCCCCCCCCCCN=C([O-])C[n+]1cccc(C(=O)Nc2ccc(Cl)cc2)c1.Cl. The Kier molecular flexibility index (Phi) is 15.2. The van der Waals surface area contributed by atoms with E-state index in [0.717, 1.165) is 12.8 Å². The van der Waals surface area contributed by atoms with Crippen molar-refractivity contribution in [3.05, 3.63) is 59.4 Å². The molecule has 1 heterocycles. The molecule has 0 spiro atoms. The molecule has 7 heteroatoms. The molecule has 1 amide bonds. The van der Waals surface area contributed by atoms with Crippen LogP contribution in [0.1, 0.15) is 81.5 Å². The zero-order valence-electron chi connectivity index (χ0n) is 19.6. The van der Waals surface area contributed by atoms with Gasteiger partial charge in [0.15, 0.2) is 18.9 Å². The molecule has 182 valence electrons. The Morgan fingerprint density at radius 1 is 0.970 bits per heavy atom. The minimum atomic E-state index is -0.239. The predicted molar refractivity (Wildman–Crippen MR) is 137 cm³/mol. The number of pyridine rings is 1. The van der Waals surface area contributed by atoms with Crippen LogP contribution in [0.2, 0.25) is 5.02 Å². The fourth-order valence-corrected chi connectivity index (χ4v) is 3.63. The van der Waals surface area contributed by atoms with Gasteiger partial charge in [0, 0.05) is 29.2 Å². The highest BCUT2D eigenvalue weighted by Crippen LogP contribution is 2.14. The molecule has 33 heavy (non-hydrogen) atoms. The second kappa shape index (κ2) is 17.4. The first-order chi connectivity index (χ1) is 15.6. The van der Waals surface area contributed by atoms with Gasteiger partial charge in [0.05, 0.1) is 0 Å². The molecular weight excluding hydrogens is 457 g/mol. The van der Waals surface area contributed by atoms with Crippen molar-refractivity contribution in [2.75, 3.05) is 11.9 Å². The fourth-order valence-electron chi connectivity index (χ4n) is 3.50. The predicted octanol–water partition coefficient (Wildman–Crippen LogP) is 5.98. The number of unbranched alkanes of at least 4 members (excludes halogenated alkanes) is 9.